The quantitative estimate of drug-likeness (QED) is 0.194. The summed E-state index contributed by atoms with van der Waals surface area (Å²) in [6.45, 7) is 0. The van der Waals surface area contributed by atoms with E-state index in [1.54, 1.807) is 11.3 Å². The summed E-state index contributed by atoms with van der Waals surface area (Å²) >= 11 is 1.79. The summed E-state index contributed by atoms with van der Waals surface area (Å²) in [6, 6.07) is 52.7. The van der Waals surface area contributed by atoms with E-state index in [1.165, 1.54) is 25.9 Å². The summed E-state index contributed by atoms with van der Waals surface area (Å²) in [7, 11) is 0. The Morgan fingerprint density at radius 2 is 1.06 bits per heavy atom. The molecule has 0 atom stereocenters. The van der Waals surface area contributed by atoms with Crippen molar-refractivity contribution in [3.05, 3.63) is 152 Å². The number of furan rings is 1. The summed E-state index contributed by atoms with van der Waals surface area (Å²) < 4.78 is 9.14. The van der Waals surface area contributed by atoms with Crippen LogP contribution in [0, 0.1) is 0 Å². The molecule has 3 heterocycles. The van der Waals surface area contributed by atoms with Gasteiger partial charge in [0.25, 0.3) is 0 Å². The molecule has 0 spiro atoms. The minimum Gasteiger partial charge on any atom is -0.455 e. The van der Waals surface area contributed by atoms with E-state index in [0.29, 0.717) is 17.5 Å². The van der Waals surface area contributed by atoms with Gasteiger partial charge in [-0.1, -0.05) is 121 Å². The smallest absolute Gasteiger partial charge is 0.167 e. The summed E-state index contributed by atoms with van der Waals surface area (Å²) in [5.74, 6) is 1.83. The summed E-state index contributed by atoms with van der Waals surface area (Å²) in [5.41, 5.74) is 6.76. The fourth-order valence-corrected chi connectivity index (χ4v) is 7.97. The van der Waals surface area contributed by atoms with Crippen LogP contribution in [0.1, 0.15) is 0 Å². The van der Waals surface area contributed by atoms with Crippen LogP contribution in [-0.4, -0.2) is 15.0 Å². The number of hydrogen-bond donors (Lipinski definition) is 0. The van der Waals surface area contributed by atoms with Crippen molar-refractivity contribution in [3.63, 3.8) is 0 Å². The van der Waals surface area contributed by atoms with Gasteiger partial charge >= 0.3 is 0 Å². The molecule has 4 nitrogen and oxygen atoms in total. The molecule has 0 aliphatic rings. The molecular weight excluding hydrogens is 607 g/mol. The van der Waals surface area contributed by atoms with Crippen molar-refractivity contribution < 1.29 is 4.42 Å². The van der Waals surface area contributed by atoms with E-state index < -0.39 is 0 Å². The zero-order valence-corrected chi connectivity index (χ0v) is 26.4. The van der Waals surface area contributed by atoms with Gasteiger partial charge < -0.3 is 4.42 Å². The third-order valence-electron chi connectivity index (χ3n) is 9.14. The second kappa shape index (κ2) is 10.7. The first kappa shape index (κ1) is 27.0. The molecule has 48 heavy (non-hydrogen) atoms. The van der Waals surface area contributed by atoms with Crippen LogP contribution >= 0.6 is 11.3 Å². The largest absolute Gasteiger partial charge is 0.455 e. The SMILES string of the molecule is c1ccc(-c2ccc3sc4cccc(-c5nc(-c6ccccc6)nc(-c6cccc7c6oc6c8ccccc8ccc76)n5)c4c3c2)cc1. The van der Waals surface area contributed by atoms with Gasteiger partial charge in [0.15, 0.2) is 17.5 Å². The Morgan fingerprint density at radius 1 is 0.396 bits per heavy atom. The van der Waals surface area contributed by atoms with Crippen LogP contribution in [0.2, 0.25) is 0 Å². The molecule has 7 aromatic carbocycles. The van der Waals surface area contributed by atoms with Gasteiger partial charge in [0.1, 0.15) is 11.2 Å². The molecule has 0 aliphatic heterocycles. The van der Waals surface area contributed by atoms with Crippen LogP contribution in [0.4, 0.5) is 0 Å². The molecule has 3 aromatic heterocycles. The predicted octanol–water partition coefficient (Wildman–Crippen LogP) is 12.0. The van der Waals surface area contributed by atoms with Crippen molar-refractivity contribution in [1.82, 2.24) is 15.0 Å². The second-order valence-electron chi connectivity index (χ2n) is 12.0. The van der Waals surface area contributed by atoms with Crippen LogP contribution in [0.15, 0.2) is 156 Å². The molecule has 5 heteroatoms. The number of thiophene rings is 1. The highest BCUT2D eigenvalue weighted by Gasteiger charge is 2.20. The maximum absolute atomic E-state index is 6.71. The number of fused-ring (bicyclic) bond motifs is 8. The van der Waals surface area contributed by atoms with Crippen molar-refractivity contribution in [3.8, 4) is 45.3 Å². The Hall–Kier alpha value is -6.17. The van der Waals surface area contributed by atoms with Gasteiger partial charge in [-0.05, 0) is 46.8 Å². The number of hydrogen-bond acceptors (Lipinski definition) is 5. The molecule has 0 bridgehead atoms. The monoisotopic (exact) mass is 631 g/mol. The average molecular weight is 632 g/mol. The van der Waals surface area contributed by atoms with E-state index in [4.69, 9.17) is 19.4 Å². The fraction of sp³-hybridized carbons (Fsp3) is 0. The summed E-state index contributed by atoms with van der Waals surface area (Å²) in [4.78, 5) is 15.4. The minimum atomic E-state index is 0.578. The van der Waals surface area contributed by atoms with E-state index in [2.05, 4.69) is 115 Å². The maximum Gasteiger partial charge on any atom is 0.167 e. The lowest BCUT2D eigenvalue weighted by molar-refractivity contribution is 0.673. The molecule has 0 unspecified atom stereocenters. The van der Waals surface area contributed by atoms with E-state index in [1.807, 2.05) is 36.4 Å². The van der Waals surface area contributed by atoms with Crippen LogP contribution in [0.5, 0.6) is 0 Å². The van der Waals surface area contributed by atoms with Crippen molar-refractivity contribution in [2.45, 2.75) is 0 Å². The first-order valence-corrected chi connectivity index (χ1v) is 16.8. The van der Waals surface area contributed by atoms with Crippen LogP contribution in [0.25, 0.3) is 98.2 Å². The third-order valence-corrected chi connectivity index (χ3v) is 10.3. The number of aromatic nitrogens is 3. The zero-order valence-electron chi connectivity index (χ0n) is 25.6. The van der Waals surface area contributed by atoms with Gasteiger partial charge in [0.2, 0.25) is 0 Å². The molecule has 10 aromatic rings. The maximum atomic E-state index is 6.71. The lowest BCUT2D eigenvalue weighted by Crippen LogP contribution is -2.00. The Balaban J connectivity index is 1.24. The van der Waals surface area contributed by atoms with Gasteiger partial charge in [-0.25, -0.2) is 15.0 Å². The highest BCUT2D eigenvalue weighted by molar-refractivity contribution is 7.26. The molecular formula is C43H25N3OS. The molecule has 10 rings (SSSR count). The topological polar surface area (TPSA) is 51.8 Å². The molecule has 0 amide bonds. The normalized spacial score (nSPS) is 11.8. The van der Waals surface area contributed by atoms with E-state index >= 15 is 0 Å². The summed E-state index contributed by atoms with van der Waals surface area (Å²) in [5, 5.41) is 6.69. The number of nitrogens with zero attached hydrogens (tertiary/aromatic N) is 3. The van der Waals surface area contributed by atoms with Gasteiger partial charge in [-0.3, -0.25) is 0 Å². The molecule has 224 valence electrons. The highest BCUT2D eigenvalue weighted by Crippen LogP contribution is 2.42. The highest BCUT2D eigenvalue weighted by atomic mass is 32.1. The fourth-order valence-electron chi connectivity index (χ4n) is 6.86. The minimum absolute atomic E-state index is 0.578. The first-order chi connectivity index (χ1) is 23.8. The molecule has 0 radical (unpaired) electrons. The van der Waals surface area contributed by atoms with E-state index in [9.17, 15) is 0 Å². The molecule has 0 fully saturated rings. The van der Waals surface area contributed by atoms with Gasteiger partial charge in [-0.2, -0.15) is 0 Å². The molecule has 0 saturated carbocycles. The molecule has 0 aliphatic carbocycles. The van der Waals surface area contributed by atoms with Crippen molar-refractivity contribution in [2.24, 2.45) is 0 Å². The lowest BCUT2D eigenvalue weighted by Gasteiger charge is -2.10. The Kier molecular flexibility index (Phi) is 6.01. The first-order valence-electron chi connectivity index (χ1n) is 15.9. The van der Waals surface area contributed by atoms with E-state index in [-0.39, 0.29) is 0 Å². The predicted molar refractivity (Wildman–Crippen MR) is 199 cm³/mol. The molecule has 0 N–H and O–H groups in total. The van der Waals surface area contributed by atoms with Crippen LogP contribution < -0.4 is 0 Å². The van der Waals surface area contributed by atoms with Crippen LogP contribution in [-0.2, 0) is 0 Å². The zero-order chi connectivity index (χ0) is 31.6. The average Bonchev–Trinajstić information content (AvgIpc) is 3.74. The van der Waals surface area contributed by atoms with Crippen molar-refractivity contribution in [1.29, 1.82) is 0 Å². The van der Waals surface area contributed by atoms with Crippen molar-refractivity contribution >= 4 is 64.2 Å². The van der Waals surface area contributed by atoms with Gasteiger partial charge in [0, 0.05) is 47.5 Å². The lowest BCUT2D eigenvalue weighted by atomic mass is 10.0. The van der Waals surface area contributed by atoms with E-state index in [0.717, 1.165) is 54.8 Å². The third kappa shape index (κ3) is 4.25. The Morgan fingerprint density at radius 3 is 1.92 bits per heavy atom. The Bertz CT molecular complexity index is 2840. The number of rotatable bonds is 4. The summed E-state index contributed by atoms with van der Waals surface area (Å²) in [6.07, 6.45) is 0. The van der Waals surface area contributed by atoms with Gasteiger partial charge in [-0.15, -0.1) is 11.3 Å². The van der Waals surface area contributed by atoms with Crippen molar-refractivity contribution in [2.75, 3.05) is 0 Å². The number of benzene rings is 7. The standard InChI is InChI=1S/C43H25N3OS/c1-3-11-26(12-4-1)29-22-24-36-35(25-29)38-33(18-10-20-37(38)48-36)42-44-41(28-14-5-2-6-15-28)45-43(46-42)34-19-9-17-31-32-23-21-27-13-7-8-16-30(27)39(32)47-40(31)34/h1-25H. The second-order valence-corrected chi connectivity index (χ2v) is 13.1. The number of para-hydroxylation sites is 1. The molecule has 0 saturated heterocycles. The van der Waals surface area contributed by atoms with Gasteiger partial charge in [0.05, 0.1) is 5.56 Å². The Labute approximate surface area is 279 Å². The van der Waals surface area contributed by atoms with Crippen LogP contribution in [0.3, 0.4) is 0 Å².